The third-order valence-electron chi connectivity index (χ3n) is 4.20. The molecule has 2 aromatic rings. The lowest BCUT2D eigenvalue weighted by Crippen LogP contribution is -2.31. The largest absolute Gasteiger partial charge is 0.489 e. The Bertz CT molecular complexity index is 668. The molecule has 3 rings (SSSR count). The molecule has 1 fully saturated rings. The van der Waals surface area contributed by atoms with Crippen LogP contribution in [0.5, 0.6) is 5.75 Å². The smallest absolute Gasteiger partial charge is 0.251 e. The van der Waals surface area contributed by atoms with E-state index in [1.165, 1.54) is 0 Å². The zero-order chi connectivity index (χ0) is 16.9. The number of nitrogens with zero attached hydrogens (tertiary/aromatic N) is 1. The minimum Gasteiger partial charge on any atom is -0.489 e. The Morgan fingerprint density at radius 3 is 2.75 bits per heavy atom. The van der Waals surface area contributed by atoms with E-state index in [0.717, 1.165) is 36.5 Å². The van der Waals surface area contributed by atoms with Crippen molar-refractivity contribution >= 4 is 5.91 Å². The maximum atomic E-state index is 12.1. The second kappa shape index (κ2) is 7.49. The second-order valence-electron chi connectivity index (χ2n) is 5.96. The Morgan fingerprint density at radius 1 is 1.33 bits per heavy atom. The summed E-state index contributed by atoms with van der Waals surface area (Å²) >= 11 is 0. The van der Waals surface area contributed by atoms with Gasteiger partial charge < -0.3 is 19.3 Å². The monoisotopic (exact) mass is 330 g/mol. The fraction of sp³-hybridized carbons (Fsp3) is 0.444. The fourth-order valence-electron chi connectivity index (χ4n) is 2.68. The van der Waals surface area contributed by atoms with Crippen molar-refractivity contribution in [3.05, 3.63) is 46.8 Å². The van der Waals surface area contributed by atoms with Crippen LogP contribution in [0.25, 0.3) is 0 Å². The third kappa shape index (κ3) is 3.94. The van der Waals surface area contributed by atoms with Gasteiger partial charge in [0.2, 0.25) is 0 Å². The van der Waals surface area contributed by atoms with E-state index in [1.54, 1.807) is 24.3 Å². The standard InChI is InChI=1S/C18H22N2O4/c1-12-17(13(2)24-20-12)11-23-15-7-5-14(6-8-15)18(21)19-10-16-4-3-9-22-16/h5-8,16H,3-4,9-11H2,1-2H3,(H,19,21)/t16-/m0/s1. The molecule has 1 aromatic heterocycles. The van der Waals surface area contributed by atoms with Gasteiger partial charge in [-0.15, -0.1) is 0 Å². The van der Waals surface area contributed by atoms with Crippen LogP contribution in [0.2, 0.25) is 0 Å². The average molecular weight is 330 g/mol. The highest BCUT2D eigenvalue weighted by Gasteiger charge is 2.16. The average Bonchev–Trinajstić information content (AvgIpc) is 3.22. The van der Waals surface area contributed by atoms with Gasteiger partial charge in [-0.1, -0.05) is 5.16 Å². The number of benzene rings is 1. The van der Waals surface area contributed by atoms with Crippen molar-refractivity contribution in [2.24, 2.45) is 0 Å². The van der Waals surface area contributed by atoms with Crippen LogP contribution in [-0.4, -0.2) is 30.3 Å². The van der Waals surface area contributed by atoms with Crippen LogP contribution < -0.4 is 10.1 Å². The zero-order valence-corrected chi connectivity index (χ0v) is 14.0. The Balaban J connectivity index is 1.52. The fourth-order valence-corrected chi connectivity index (χ4v) is 2.68. The zero-order valence-electron chi connectivity index (χ0n) is 14.0. The van der Waals surface area contributed by atoms with E-state index in [2.05, 4.69) is 10.5 Å². The molecule has 2 heterocycles. The van der Waals surface area contributed by atoms with E-state index in [-0.39, 0.29) is 12.0 Å². The van der Waals surface area contributed by atoms with E-state index >= 15 is 0 Å². The SMILES string of the molecule is Cc1noc(C)c1COc1ccc(C(=O)NC[C@@H]2CCCO2)cc1. The molecule has 1 aromatic carbocycles. The molecule has 6 nitrogen and oxygen atoms in total. The van der Waals surface area contributed by atoms with Crippen LogP contribution in [-0.2, 0) is 11.3 Å². The third-order valence-corrected chi connectivity index (χ3v) is 4.20. The van der Waals surface area contributed by atoms with Crippen molar-refractivity contribution in [1.82, 2.24) is 10.5 Å². The number of carbonyl (C=O) groups is 1. The van der Waals surface area contributed by atoms with E-state index in [4.69, 9.17) is 14.0 Å². The molecule has 1 saturated heterocycles. The van der Waals surface area contributed by atoms with Crippen LogP contribution >= 0.6 is 0 Å². The summed E-state index contributed by atoms with van der Waals surface area (Å²) in [5.74, 6) is 1.37. The minimum atomic E-state index is -0.0947. The quantitative estimate of drug-likeness (QED) is 0.881. The first-order valence-corrected chi connectivity index (χ1v) is 8.18. The van der Waals surface area contributed by atoms with Crippen LogP contribution in [0.1, 0.15) is 40.2 Å². The normalized spacial score (nSPS) is 17.0. The van der Waals surface area contributed by atoms with Crippen LogP contribution in [0.15, 0.2) is 28.8 Å². The number of carbonyl (C=O) groups excluding carboxylic acids is 1. The van der Waals surface area contributed by atoms with Crippen LogP contribution in [0.3, 0.4) is 0 Å². The van der Waals surface area contributed by atoms with E-state index in [0.29, 0.717) is 24.5 Å². The maximum Gasteiger partial charge on any atom is 0.251 e. The number of rotatable bonds is 6. The summed E-state index contributed by atoms with van der Waals surface area (Å²) < 4.78 is 16.3. The summed E-state index contributed by atoms with van der Waals surface area (Å²) in [5, 5.41) is 6.80. The lowest BCUT2D eigenvalue weighted by atomic mass is 10.2. The van der Waals surface area contributed by atoms with Gasteiger partial charge in [0.25, 0.3) is 5.91 Å². The molecule has 1 amide bonds. The van der Waals surface area contributed by atoms with Crippen molar-refractivity contribution in [3.63, 3.8) is 0 Å². The molecule has 0 spiro atoms. The topological polar surface area (TPSA) is 73.6 Å². The highest BCUT2D eigenvalue weighted by atomic mass is 16.5. The van der Waals surface area contributed by atoms with Gasteiger partial charge in [-0.05, 0) is 51.0 Å². The Labute approximate surface area is 141 Å². The second-order valence-corrected chi connectivity index (χ2v) is 5.96. The number of amides is 1. The highest BCUT2D eigenvalue weighted by Crippen LogP contribution is 2.18. The van der Waals surface area contributed by atoms with Crippen LogP contribution in [0.4, 0.5) is 0 Å². The summed E-state index contributed by atoms with van der Waals surface area (Å²) in [7, 11) is 0. The lowest BCUT2D eigenvalue weighted by Gasteiger charge is -2.11. The van der Waals surface area contributed by atoms with E-state index < -0.39 is 0 Å². The number of nitrogens with one attached hydrogen (secondary N) is 1. The van der Waals surface area contributed by atoms with E-state index in [1.807, 2.05) is 13.8 Å². The number of aryl methyl sites for hydroxylation is 2. The molecule has 0 saturated carbocycles. The summed E-state index contributed by atoms with van der Waals surface area (Å²) in [4.78, 5) is 12.1. The number of hydrogen-bond donors (Lipinski definition) is 1. The predicted octanol–water partition coefficient (Wildman–Crippen LogP) is 2.78. The van der Waals surface area contributed by atoms with Crippen molar-refractivity contribution in [2.75, 3.05) is 13.2 Å². The molecule has 6 heteroatoms. The van der Waals surface area contributed by atoms with Crippen LogP contribution in [0, 0.1) is 13.8 Å². The molecule has 0 radical (unpaired) electrons. The van der Waals surface area contributed by atoms with Crippen molar-refractivity contribution in [3.8, 4) is 5.75 Å². The minimum absolute atomic E-state index is 0.0947. The molecule has 1 N–H and O–H groups in total. The number of aromatic nitrogens is 1. The predicted molar refractivity (Wildman–Crippen MR) is 88.1 cm³/mol. The number of ether oxygens (including phenoxy) is 2. The van der Waals surface area contributed by atoms with Gasteiger partial charge in [0, 0.05) is 18.7 Å². The molecule has 1 aliphatic rings. The van der Waals surface area contributed by atoms with Gasteiger partial charge in [-0.2, -0.15) is 0 Å². The van der Waals surface area contributed by atoms with Gasteiger partial charge in [0.1, 0.15) is 18.1 Å². The molecule has 0 bridgehead atoms. The number of hydrogen-bond acceptors (Lipinski definition) is 5. The lowest BCUT2D eigenvalue weighted by molar-refractivity contribution is 0.0857. The van der Waals surface area contributed by atoms with Crippen molar-refractivity contribution in [2.45, 2.75) is 39.4 Å². The van der Waals surface area contributed by atoms with Gasteiger partial charge >= 0.3 is 0 Å². The molecule has 0 unspecified atom stereocenters. The first-order valence-electron chi connectivity index (χ1n) is 8.18. The molecular weight excluding hydrogens is 308 g/mol. The Hall–Kier alpha value is -2.34. The molecule has 0 aliphatic carbocycles. The van der Waals surface area contributed by atoms with Crippen molar-refractivity contribution in [1.29, 1.82) is 0 Å². The molecule has 1 aliphatic heterocycles. The van der Waals surface area contributed by atoms with Gasteiger partial charge in [-0.25, -0.2) is 0 Å². The highest BCUT2D eigenvalue weighted by molar-refractivity contribution is 5.94. The molecule has 128 valence electrons. The molecule has 1 atom stereocenters. The first kappa shape index (κ1) is 16.5. The van der Waals surface area contributed by atoms with Gasteiger partial charge in [-0.3, -0.25) is 4.79 Å². The van der Waals surface area contributed by atoms with Gasteiger partial charge in [0.05, 0.1) is 17.4 Å². The van der Waals surface area contributed by atoms with Crippen molar-refractivity contribution < 1.29 is 18.8 Å². The van der Waals surface area contributed by atoms with Gasteiger partial charge in [0.15, 0.2) is 0 Å². The summed E-state index contributed by atoms with van der Waals surface area (Å²) in [5.41, 5.74) is 2.39. The summed E-state index contributed by atoms with van der Waals surface area (Å²) in [6.45, 7) is 5.49. The summed E-state index contributed by atoms with van der Waals surface area (Å²) in [6, 6.07) is 7.10. The Kier molecular flexibility index (Phi) is 5.15. The summed E-state index contributed by atoms with van der Waals surface area (Å²) in [6.07, 6.45) is 2.22. The molecule has 24 heavy (non-hydrogen) atoms. The molecular formula is C18H22N2O4. The maximum absolute atomic E-state index is 12.1. The first-order chi connectivity index (χ1) is 11.6. The van der Waals surface area contributed by atoms with E-state index in [9.17, 15) is 4.79 Å². The Morgan fingerprint density at radius 2 is 2.12 bits per heavy atom.